The molecule has 0 aromatic heterocycles. The first-order valence-corrected chi connectivity index (χ1v) is 7.85. The van der Waals surface area contributed by atoms with Crippen LogP contribution in [0.15, 0.2) is 48.5 Å². The topological polar surface area (TPSA) is 50.4 Å². The highest BCUT2D eigenvalue weighted by Gasteiger charge is 2.08. The summed E-state index contributed by atoms with van der Waals surface area (Å²) >= 11 is 5.87. The van der Waals surface area contributed by atoms with Crippen LogP contribution in [0.4, 0.5) is 0 Å². The van der Waals surface area contributed by atoms with Gasteiger partial charge in [-0.1, -0.05) is 41.9 Å². The predicted octanol–water partition coefficient (Wildman–Crippen LogP) is 3.32. The third-order valence-corrected chi connectivity index (χ3v) is 3.86. The molecule has 0 aliphatic carbocycles. The van der Waals surface area contributed by atoms with E-state index >= 15 is 0 Å². The van der Waals surface area contributed by atoms with Gasteiger partial charge in [0.25, 0.3) is 0 Å². The molecule has 5 heteroatoms. The summed E-state index contributed by atoms with van der Waals surface area (Å²) in [5, 5.41) is 6.79. The Morgan fingerprint density at radius 3 is 2.57 bits per heavy atom. The van der Waals surface area contributed by atoms with Crippen LogP contribution in [-0.4, -0.2) is 19.6 Å². The molecule has 2 aromatic carbocycles. The van der Waals surface area contributed by atoms with Crippen LogP contribution in [0.3, 0.4) is 0 Å². The number of benzene rings is 2. The molecule has 23 heavy (non-hydrogen) atoms. The number of para-hydroxylation sites is 1. The fourth-order valence-electron chi connectivity index (χ4n) is 2.22. The van der Waals surface area contributed by atoms with Crippen molar-refractivity contribution < 1.29 is 9.53 Å². The van der Waals surface area contributed by atoms with E-state index in [1.54, 1.807) is 7.11 Å². The molecule has 2 aromatic rings. The third kappa shape index (κ3) is 5.27. The molecule has 1 amide bonds. The summed E-state index contributed by atoms with van der Waals surface area (Å²) in [5.74, 6) is 0.715. The highest BCUT2D eigenvalue weighted by Crippen LogP contribution is 2.17. The van der Waals surface area contributed by atoms with Crippen molar-refractivity contribution in [2.45, 2.75) is 19.5 Å². The average molecular weight is 333 g/mol. The van der Waals surface area contributed by atoms with E-state index in [9.17, 15) is 4.79 Å². The number of hydrogen-bond donors (Lipinski definition) is 2. The molecule has 0 radical (unpaired) electrons. The molecule has 2 rings (SSSR count). The third-order valence-electron chi connectivity index (χ3n) is 3.61. The summed E-state index contributed by atoms with van der Waals surface area (Å²) in [6.45, 7) is 2.70. The lowest BCUT2D eigenvalue weighted by atomic mass is 10.1. The number of halogens is 1. The standard InChI is InChI=1S/C18H21ClN2O2/c1-13(14-7-9-16(19)10-8-14)20-12-18(22)21-11-15-5-3-4-6-17(15)23-2/h3-10,13,20H,11-12H2,1-2H3,(H,21,22)/t13-/m0/s1. The number of nitrogens with one attached hydrogen (secondary N) is 2. The summed E-state index contributed by atoms with van der Waals surface area (Å²) in [5.41, 5.74) is 2.04. The molecular weight excluding hydrogens is 312 g/mol. The molecule has 0 aliphatic heterocycles. The van der Waals surface area contributed by atoms with Crippen LogP contribution in [-0.2, 0) is 11.3 Å². The lowest BCUT2D eigenvalue weighted by Crippen LogP contribution is -2.34. The number of amides is 1. The van der Waals surface area contributed by atoms with Gasteiger partial charge in [-0.3, -0.25) is 4.79 Å². The van der Waals surface area contributed by atoms with Gasteiger partial charge in [-0.2, -0.15) is 0 Å². The van der Waals surface area contributed by atoms with E-state index in [1.807, 2.05) is 55.5 Å². The monoisotopic (exact) mass is 332 g/mol. The summed E-state index contributed by atoms with van der Waals surface area (Å²) in [6, 6.07) is 15.3. The Balaban J connectivity index is 1.80. The summed E-state index contributed by atoms with van der Waals surface area (Å²) < 4.78 is 5.27. The first-order chi connectivity index (χ1) is 11.1. The zero-order valence-electron chi connectivity index (χ0n) is 13.3. The van der Waals surface area contributed by atoms with Crippen molar-refractivity contribution in [2.75, 3.05) is 13.7 Å². The van der Waals surface area contributed by atoms with Gasteiger partial charge in [-0.05, 0) is 30.7 Å². The molecule has 4 nitrogen and oxygen atoms in total. The molecule has 122 valence electrons. The second-order valence-electron chi connectivity index (χ2n) is 5.24. The van der Waals surface area contributed by atoms with Gasteiger partial charge in [0, 0.05) is 23.2 Å². The second-order valence-corrected chi connectivity index (χ2v) is 5.68. The normalized spacial score (nSPS) is 11.8. The van der Waals surface area contributed by atoms with E-state index in [4.69, 9.17) is 16.3 Å². The van der Waals surface area contributed by atoms with Crippen molar-refractivity contribution in [3.8, 4) is 5.75 Å². The number of carbonyl (C=O) groups excluding carboxylic acids is 1. The molecule has 2 N–H and O–H groups in total. The highest BCUT2D eigenvalue weighted by molar-refractivity contribution is 6.30. The molecular formula is C18H21ClN2O2. The van der Waals surface area contributed by atoms with Gasteiger partial charge in [0.1, 0.15) is 5.75 Å². The van der Waals surface area contributed by atoms with Crippen molar-refractivity contribution in [3.05, 3.63) is 64.7 Å². The van der Waals surface area contributed by atoms with Crippen molar-refractivity contribution in [3.63, 3.8) is 0 Å². The second kappa shape index (κ2) is 8.56. The maximum absolute atomic E-state index is 12.0. The van der Waals surface area contributed by atoms with E-state index < -0.39 is 0 Å². The molecule has 0 heterocycles. The Labute approximate surface area is 141 Å². The molecule has 0 aliphatic rings. The maximum Gasteiger partial charge on any atom is 0.234 e. The zero-order valence-corrected chi connectivity index (χ0v) is 14.1. The van der Waals surface area contributed by atoms with Crippen LogP contribution in [0, 0.1) is 0 Å². The minimum atomic E-state index is -0.0586. The molecule has 0 saturated heterocycles. The molecule has 0 fully saturated rings. The molecule has 0 bridgehead atoms. The number of rotatable bonds is 7. The highest BCUT2D eigenvalue weighted by atomic mass is 35.5. The minimum Gasteiger partial charge on any atom is -0.496 e. The minimum absolute atomic E-state index is 0.0586. The summed E-state index contributed by atoms with van der Waals surface area (Å²) in [7, 11) is 1.62. The van der Waals surface area contributed by atoms with E-state index in [2.05, 4.69) is 10.6 Å². The smallest absolute Gasteiger partial charge is 0.234 e. The SMILES string of the molecule is COc1ccccc1CNC(=O)CN[C@@H](C)c1ccc(Cl)cc1. The van der Waals surface area contributed by atoms with Crippen molar-refractivity contribution >= 4 is 17.5 Å². The number of carbonyl (C=O) groups is 1. The Morgan fingerprint density at radius 2 is 1.87 bits per heavy atom. The quantitative estimate of drug-likeness (QED) is 0.817. The summed E-state index contributed by atoms with van der Waals surface area (Å²) in [4.78, 5) is 12.0. The van der Waals surface area contributed by atoms with Crippen LogP contribution in [0.2, 0.25) is 5.02 Å². The van der Waals surface area contributed by atoms with Crippen molar-refractivity contribution in [2.24, 2.45) is 0 Å². The van der Waals surface area contributed by atoms with Gasteiger partial charge in [0.2, 0.25) is 5.91 Å². The maximum atomic E-state index is 12.0. The largest absolute Gasteiger partial charge is 0.496 e. The molecule has 0 spiro atoms. The lowest BCUT2D eigenvalue weighted by Gasteiger charge is -2.15. The van der Waals surface area contributed by atoms with Gasteiger partial charge in [-0.15, -0.1) is 0 Å². The Bertz CT molecular complexity index is 644. The molecule has 1 atom stereocenters. The lowest BCUT2D eigenvalue weighted by molar-refractivity contribution is -0.120. The van der Waals surface area contributed by atoms with Crippen molar-refractivity contribution in [1.29, 1.82) is 0 Å². The van der Waals surface area contributed by atoms with Gasteiger partial charge in [-0.25, -0.2) is 0 Å². The van der Waals surface area contributed by atoms with Gasteiger partial charge < -0.3 is 15.4 Å². The van der Waals surface area contributed by atoms with E-state index in [0.29, 0.717) is 11.6 Å². The number of ether oxygens (including phenoxy) is 1. The van der Waals surface area contributed by atoms with Gasteiger partial charge >= 0.3 is 0 Å². The molecule has 0 saturated carbocycles. The Kier molecular flexibility index (Phi) is 6.44. The van der Waals surface area contributed by atoms with Gasteiger partial charge in [0.05, 0.1) is 13.7 Å². The first-order valence-electron chi connectivity index (χ1n) is 7.47. The fourth-order valence-corrected chi connectivity index (χ4v) is 2.35. The first kappa shape index (κ1) is 17.3. The fraction of sp³-hybridized carbons (Fsp3) is 0.278. The summed E-state index contributed by atoms with van der Waals surface area (Å²) in [6.07, 6.45) is 0. The van der Waals surface area contributed by atoms with Crippen LogP contribution in [0.1, 0.15) is 24.1 Å². The van der Waals surface area contributed by atoms with Crippen LogP contribution >= 0.6 is 11.6 Å². The zero-order chi connectivity index (χ0) is 16.7. The number of hydrogen-bond acceptors (Lipinski definition) is 3. The van der Waals surface area contributed by atoms with E-state index in [-0.39, 0.29) is 18.5 Å². The Morgan fingerprint density at radius 1 is 1.17 bits per heavy atom. The predicted molar refractivity (Wildman–Crippen MR) is 92.7 cm³/mol. The van der Waals surface area contributed by atoms with Gasteiger partial charge in [0.15, 0.2) is 0 Å². The molecule has 0 unspecified atom stereocenters. The average Bonchev–Trinajstić information content (AvgIpc) is 2.58. The van der Waals surface area contributed by atoms with Crippen LogP contribution in [0.25, 0.3) is 0 Å². The van der Waals surface area contributed by atoms with Crippen molar-refractivity contribution in [1.82, 2.24) is 10.6 Å². The Hall–Kier alpha value is -2.04. The van der Waals surface area contributed by atoms with Crippen LogP contribution < -0.4 is 15.4 Å². The number of methoxy groups -OCH3 is 1. The van der Waals surface area contributed by atoms with E-state index in [1.165, 1.54) is 0 Å². The van der Waals surface area contributed by atoms with E-state index in [0.717, 1.165) is 16.9 Å². The van der Waals surface area contributed by atoms with Crippen LogP contribution in [0.5, 0.6) is 5.75 Å².